The van der Waals surface area contributed by atoms with E-state index in [1.165, 1.54) is 0 Å². The quantitative estimate of drug-likeness (QED) is 0.708. The van der Waals surface area contributed by atoms with E-state index in [1.807, 2.05) is 60.7 Å². The molecule has 0 aliphatic carbocycles. The smallest absolute Gasteiger partial charge is 0.0994 e. The molecule has 0 saturated carbocycles. The Morgan fingerprint density at radius 1 is 1.00 bits per heavy atom. The number of hydrogen-bond donors (Lipinski definition) is 2. The lowest BCUT2D eigenvalue weighted by Gasteiger charge is -2.33. The molecule has 0 heterocycles. The first-order valence-electron chi connectivity index (χ1n) is 7.26. The van der Waals surface area contributed by atoms with E-state index in [0.29, 0.717) is 12.3 Å². The molecule has 0 spiro atoms. The van der Waals surface area contributed by atoms with Crippen LogP contribution in [0.3, 0.4) is 0 Å². The Bertz CT molecular complexity index is 564. The van der Waals surface area contributed by atoms with Gasteiger partial charge in [-0.15, -0.1) is 11.6 Å². The summed E-state index contributed by atoms with van der Waals surface area (Å²) in [6.07, 6.45) is -0.294. The highest BCUT2D eigenvalue weighted by Crippen LogP contribution is 2.38. The Morgan fingerprint density at radius 3 is 2.05 bits per heavy atom. The lowest BCUT2D eigenvalue weighted by molar-refractivity contribution is 0.0804. The maximum Gasteiger partial charge on any atom is 0.0994 e. The second-order valence-corrected chi connectivity index (χ2v) is 7.12. The highest BCUT2D eigenvalue weighted by atomic mass is 79.9. The zero-order chi connectivity index (χ0) is 16.0. The van der Waals surface area contributed by atoms with Gasteiger partial charge in [-0.1, -0.05) is 76.6 Å². The second kappa shape index (κ2) is 8.11. The van der Waals surface area contributed by atoms with Crippen LogP contribution >= 0.6 is 27.5 Å². The van der Waals surface area contributed by atoms with Crippen LogP contribution < -0.4 is 0 Å². The first kappa shape index (κ1) is 17.5. The molecule has 4 heteroatoms. The van der Waals surface area contributed by atoms with Gasteiger partial charge < -0.3 is 10.2 Å². The van der Waals surface area contributed by atoms with E-state index < -0.39 is 10.4 Å². The van der Waals surface area contributed by atoms with E-state index in [2.05, 4.69) is 15.9 Å². The Hall–Kier alpha value is -0.870. The monoisotopic (exact) mass is 382 g/mol. The van der Waals surface area contributed by atoms with Crippen LogP contribution in [0.5, 0.6) is 0 Å². The molecule has 3 atom stereocenters. The van der Waals surface area contributed by atoms with Crippen molar-refractivity contribution in [2.75, 3.05) is 12.5 Å². The topological polar surface area (TPSA) is 40.5 Å². The first-order valence-corrected chi connectivity index (χ1v) is 8.59. The molecule has 2 nitrogen and oxygen atoms in total. The van der Waals surface area contributed by atoms with E-state index in [1.54, 1.807) is 0 Å². The summed E-state index contributed by atoms with van der Waals surface area (Å²) in [7, 11) is 0. The van der Waals surface area contributed by atoms with E-state index in [9.17, 15) is 10.2 Å². The average molecular weight is 384 g/mol. The van der Waals surface area contributed by atoms with Crippen molar-refractivity contribution >= 4 is 27.5 Å². The number of alkyl halides is 2. The van der Waals surface area contributed by atoms with Gasteiger partial charge in [-0.25, -0.2) is 0 Å². The van der Waals surface area contributed by atoms with Crippen LogP contribution in [0, 0.1) is 0 Å². The van der Waals surface area contributed by atoms with Crippen molar-refractivity contribution in [2.24, 2.45) is 0 Å². The fourth-order valence-electron chi connectivity index (χ4n) is 2.57. The third-order valence-corrected chi connectivity index (χ3v) is 5.59. The molecule has 22 heavy (non-hydrogen) atoms. The van der Waals surface area contributed by atoms with Crippen LogP contribution in [-0.4, -0.2) is 28.8 Å². The fraction of sp³-hybridized carbons (Fsp3) is 0.333. The fourth-order valence-corrected chi connectivity index (χ4v) is 3.33. The van der Waals surface area contributed by atoms with E-state index >= 15 is 0 Å². The van der Waals surface area contributed by atoms with Gasteiger partial charge in [0.2, 0.25) is 0 Å². The minimum absolute atomic E-state index is 0.0325. The standard InChI is InChI=1S/C18H20BrClO2/c19-18(13-21,16-9-5-2-6-10-16)17(22)11-15(12-20)14-7-3-1-4-8-14/h1-10,15,17,21-22H,11-13H2. The van der Waals surface area contributed by atoms with E-state index in [4.69, 9.17) is 11.6 Å². The van der Waals surface area contributed by atoms with Crippen LogP contribution in [0.2, 0.25) is 0 Å². The molecule has 0 amide bonds. The Labute approximate surface area is 144 Å². The van der Waals surface area contributed by atoms with Crippen molar-refractivity contribution in [1.82, 2.24) is 0 Å². The number of hydrogen-bond acceptors (Lipinski definition) is 2. The molecule has 0 fully saturated rings. The summed E-state index contributed by atoms with van der Waals surface area (Å²) in [5.74, 6) is 0.453. The van der Waals surface area contributed by atoms with Gasteiger partial charge in [-0.2, -0.15) is 0 Å². The molecule has 0 aliphatic heterocycles. The summed E-state index contributed by atoms with van der Waals surface area (Å²) in [6.45, 7) is -0.192. The molecule has 2 aromatic carbocycles. The van der Waals surface area contributed by atoms with Gasteiger partial charge in [0.15, 0.2) is 0 Å². The summed E-state index contributed by atoms with van der Waals surface area (Å²) < 4.78 is -0.882. The van der Waals surface area contributed by atoms with Crippen molar-refractivity contribution < 1.29 is 10.2 Å². The minimum atomic E-state index is -0.882. The zero-order valence-corrected chi connectivity index (χ0v) is 14.5. The highest BCUT2D eigenvalue weighted by Gasteiger charge is 2.37. The van der Waals surface area contributed by atoms with Crippen molar-refractivity contribution in [3.8, 4) is 0 Å². The molecule has 2 aromatic rings. The van der Waals surface area contributed by atoms with E-state index in [-0.39, 0.29) is 12.5 Å². The molecule has 0 bridgehead atoms. The minimum Gasteiger partial charge on any atom is -0.394 e. The Kier molecular flexibility index (Phi) is 6.45. The predicted molar refractivity (Wildman–Crippen MR) is 94.7 cm³/mol. The first-order chi connectivity index (χ1) is 10.6. The molecule has 0 radical (unpaired) electrons. The molecule has 3 unspecified atom stereocenters. The summed E-state index contributed by atoms with van der Waals surface area (Å²) >= 11 is 9.64. The molecule has 118 valence electrons. The lowest BCUT2D eigenvalue weighted by atomic mass is 9.86. The van der Waals surface area contributed by atoms with Crippen LogP contribution in [0.25, 0.3) is 0 Å². The molecule has 0 aromatic heterocycles. The number of rotatable bonds is 7. The SMILES string of the molecule is OCC(Br)(c1ccccc1)C(O)CC(CCl)c1ccccc1. The predicted octanol–water partition coefficient (Wildman–Crippen LogP) is 4.04. The number of benzene rings is 2. The third-order valence-electron chi connectivity index (χ3n) is 3.98. The molecule has 0 saturated heterocycles. The van der Waals surface area contributed by atoms with Crippen molar-refractivity contribution in [3.63, 3.8) is 0 Å². The summed E-state index contributed by atoms with van der Waals surface area (Å²) in [5, 5.41) is 20.5. The van der Waals surface area contributed by atoms with Gasteiger partial charge in [-0.05, 0) is 23.5 Å². The second-order valence-electron chi connectivity index (χ2n) is 5.40. The van der Waals surface area contributed by atoms with Crippen LogP contribution in [-0.2, 0) is 4.32 Å². The maximum absolute atomic E-state index is 10.7. The average Bonchev–Trinajstić information content (AvgIpc) is 2.60. The van der Waals surface area contributed by atoms with Crippen molar-refractivity contribution in [2.45, 2.75) is 22.8 Å². The molecule has 2 rings (SSSR count). The van der Waals surface area contributed by atoms with E-state index in [0.717, 1.165) is 11.1 Å². The van der Waals surface area contributed by atoms with Crippen LogP contribution in [0.4, 0.5) is 0 Å². The van der Waals surface area contributed by atoms with Crippen molar-refractivity contribution in [3.05, 3.63) is 71.8 Å². The highest BCUT2D eigenvalue weighted by molar-refractivity contribution is 9.09. The Morgan fingerprint density at radius 2 is 1.55 bits per heavy atom. The molecule has 2 N–H and O–H groups in total. The van der Waals surface area contributed by atoms with Crippen molar-refractivity contribution in [1.29, 1.82) is 0 Å². The molecular formula is C18H20BrClO2. The van der Waals surface area contributed by atoms with Gasteiger partial charge in [0.05, 0.1) is 17.0 Å². The Balaban J connectivity index is 2.20. The summed E-state index contributed by atoms with van der Waals surface area (Å²) in [6, 6.07) is 19.4. The largest absolute Gasteiger partial charge is 0.394 e. The number of aliphatic hydroxyl groups excluding tert-OH is 2. The van der Waals surface area contributed by atoms with Gasteiger partial charge in [0.1, 0.15) is 0 Å². The van der Waals surface area contributed by atoms with Crippen LogP contribution in [0.15, 0.2) is 60.7 Å². The number of halogens is 2. The maximum atomic E-state index is 10.7. The lowest BCUT2D eigenvalue weighted by Crippen LogP contribution is -2.38. The third kappa shape index (κ3) is 3.90. The normalized spacial score (nSPS) is 16.7. The molecular weight excluding hydrogens is 364 g/mol. The summed E-state index contributed by atoms with van der Waals surface area (Å²) in [5.41, 5.74) is 1.95. The van der Waals surface area contributed by atoms with Crippen LogP contribution in [0.1, 0.15) is 23.5 Å². The van der Waals surface area contributed by atoms with Gasteiger partial charge >= 0.3 is 0 Å². The van der Waals surface area contributed by atoms with Gasteiger partial charge in [-0.3, -0.25) is 0 Å². The van der Waals surface area contributed by atoms with Gasteiger partial charge in [0, 0.05) is 5.88 Å². The zero-order valence-electron chi connectivity index (χ0n) is 12.2. The molecule has 0 aliphatic rings. The summed E-state index contributed by atoms with van der Waals surface area (Å²) in [4.78, 5) is 0. The number of aliphatic hydroxyl groups is 2. The van der Waals surface area contributed by atoms with Gasteiger partial charge in [0.25, 0.3) is 0 Å².